The SMILES string of the molecule is C=C1CCCC2=NC[C@H](C)CC[C@@]23CCC([C@@H]2CC(C)C(=O)O2)=C(C)[C@@H]3/C=C(/C)[C@@H](O)C[C@H]2O[C@]3(CC[C@@]4(O[C@@H](CC[C@@]4(C)O)C1)O3)C[C@H]2C. The molecule has 3 spiro atoms. The summed E-state index contributed by atoms with van der Waals surface area (Å²) in [5.41, 5.74) is 4.75. The minimum Gasteiger partial charge on any atom is -0.458 e. The van der Waals surface area contributed by atoms with E-state index in [2.05, 4.69) is 40.3 Å². The van der Waals surface area contributed by atoms with Gasteiger partial charge in [-0.15, -0.1) is 0 Å². The van der Waals surface area contributed by atoms with Gasteiger partial charge < -0.3 is 29.2 Å². The van der Waals surface area contributed by atoms with E-state index in [1.54, 1.807) is 0 Å². The monoisotopic (exact) mass is 693 g/mol. The second-order valence-corrected chi connectivity index (χ2v) is 18.0. The van der Waals surface area contributed by atoms with E-state index in [0.717, 1.165) is 76.3 Å². The van der Waals surface area contributed by atoms with Crippen LogP contribution in [0.25, 0.3) is 0 Å². The fourth-order valence-electron chi connectivity index (χ4n) is 10.8. The number of fused-ring (bicyclic) bond motifs is 2. The number of aliphatic imine (C=N–C) groups is 1. The Morgan fingerprint density at radius 3 is 2.54 bits per heavy atom. The highest BCUT2D eigenvalue weighted by Gasteiger charge is 2.64. The summed E-state index contributed by atoms with van der Waals surface area (Å²) in [7, 11) is 0. The Labute approximate surface area is 300 Å². The average molecular weight is 694 g/mol. The van der Waals surface area contributed by atoms with E-state index in [9.17, 15) is 15.0 Å². The third kappa shape index (κ3) is 6.52. The third-order valence-corrected chi connectivity index (χ3v) is 14.1. The van der Waals surface area contributed by atoms with Crippen molar-refractivity contribution in [2.75, 3.05) is 6.54 Å². The summed E-state index contributed by atoms with van der Waals surface area (Å²) in [6.45, 7) is 18.0. The van der Waals surface area contributed by atoms with Gasteiger partial charge in [0.2, 0.25) is 5.79 Å². The summed E-state index contributed by atoms with van der Waals surface area (Å²) >= 11 is 0. The normalized spacial score (nSPS) is 48.6. The van der Waals surface area contributed by atoms with Gasteiger partial charge >= 0.3 is 5.97 Å². The first-order valence-electron chi connectivity index (χ1n) is 19.9. The van der Waals surface area contributed by atoms with Gasteiger partial charge in [0.15, 0.2) is 5.79 Å². The molecule has 7 aliphatic rings. The van der Waals surface area contributed by atoms with Crippen molar-refractivity contribution < 1.29 is 34.0 Å². The molecular formula is C42H63NO7. The molecular weight excluding hydrogens is 630 g/mol. The Morgan fingerprint density at radius 2 is 1.78 bits per heavy atom. The molecule has 1 aliphatic carbocycles. The Hall–Kier alpha value is -1.84. The molecule has 0 saturated carbocycles. The molecule has 12 atom stereocenters. The summed E-state index contributed by atoms with van der Waals surface area (Å²) < 4.78 is 26.3. The van der Waals surface area contributed by atoms with Gasteiger partial charge in [0.05, 0.1) is 24.2 Å². The maximum absolute atomic E-state index is 12.6. The van der Waals surface area contributed by atoms with Crippen LogP contribution in [0.4, 0.5) is 0 Å². The van der Waals surface area contributed by atoms with Crippen molar-refractivity contribution in [3.8, 4) is 0 Å². The van der Waals surface area contributed by atoms with Crippen molar-refractivity contribution in [2.24, 2.45) is 34.1 Å². The molecule has 278 valence electrons. The van der Waals surface area contributed by atoms with Gasteiger partial charge in [0.25, 0.3) is 0 Å². The van der Waals surface area contributed by atoms with Crippen molar-refractivity contribution in [3.05, 3.63) is 34.9 Å². The average Bonchev–Trinajstić information content (AvgIpc) is 3.65. The van der Waals surface area contributed by atoms with Crippen LogP contribution in [0, 0.1) is 29.1 Å². The number of aliphatic hydroxyl groups excluding tert-OH is 1. The molecule has 0 aromatic heterocycles. The van der Waals surface area contributed by atoms with Gasteiger partial charge in [-0.1, -0.05) is 44.6 Å². The van der Waals surface area contributed by atoms with E-state index in [4.69, 9.17) is 23.9 Å². The maximum atomic E-state index is 12.6. The van der Waals surface area contributed by atoms with Crippen LogP contribution in [-0.4, -0.2) is 70.0 Å². The largest absolute Gasteiger partial charge is 0.458 e. The molecule has 8 heteroatoms. The van der Waals surface area contributed by atoms with E-state index in [1.807, 2.05) is 13.8 Å². The van der Waals surface area contributed by atoms with Gasteiger partial charge in [0, 0.05) is 55.7 Å². The first-order chi connectivity index (χ1) is 23.6. The highest BCUT2D eigenvalue weighted by Crippen LogP contribution is 2.57. The first kappa shape index (κ1) is 36.5. The maximum Gasteiger partial charge on any atom is 0.309 e. The van der Waals surface area contributed by atoms with Crippen LogP contribution in [0.15, 0.2) is 39.9 Å². The number of nitrogens with zero attached hydrogens (tertiary/aromatic N) is 1. The number of carbonyl (C=O) groups excluding carboxylic acids is 1. The van der Waals surface area contributed by atoms with Gasteiger partial charge in [-0.05, 0) is 108 Å². The molecule has 1 unspecified atom stereocenters. The Balaban J connectivity index is 1.26. The van der Waals surface area contributed by atoms with Crippen molar-refractivity contribution in [2.45, 2.75) is 179 Å². The first-order valence-corrected chi connectivity index (χ1v) is 19.9. The lowest BCUT2D eigenvalue weighted by Gasteiger charge is -2.49. The number of rotatable bonds is 1. The van der Waals surface area contributed by atoms with E-state index >= 15 is 0 Å². The quantitative estimate of drug-likeness (QED) is 0.212. The highest BCUT2D eigenvalue weighted by atomic mass is 16.8. The number of carbonyl (C=O) groups is 1. The van der Waals surface area contributed by atoms with Gasteiger partial charge in [-0.2, -0.15) is 0 Å². The zero-order valence-electron chi connectivity index (χ0n) is 31.6. The number of hydrogen-bond acceptors (Lipinski definition) is 8. The van der Waals surface area contributed by atoms with Crippen LogP contribution in [0.2, 0.25) is 0 Å². The van der Waals surface area contributed by atoms with E-state index in [-0.39, 0.29) is 47.4 Å². The standard InChI is InChI=1S/C42H63NO7/c1-25-9-8-10-37-40(15-11-26(2)24-43-37)16-13-32(36-21-28(4)38(45)47-36)30(6)33(40)20-27(3)34(44)22-35-29(5)23-41(49-35)17-18-42(50-41)39(7,46)14-12-31(19-25)48-42/h20,26,28-29,31,33-36,44,46H,1,8-19,21-24H2,2-7H3/b27-20-/t26-,28?,29-,31+,33+,34+,35-,36+,39-,40+,41+,42-/m1/s1. The number of ether oxygens (including phenoxy) is 4. The number of hydrogen-bond donors (Lipinski definition) is 2. The zero-order valence-corrected chi connectivity index (χ0v) is 31.6. The molecule has 6 heterocycles. The highest BCUT2D eigenvalue weighted by molar-refractivity contribution is 5.92. The van der Waals surface area contributed by atoms with Crippen LogP contribution in [0.5, 0.6) is 0 Å². The summed E-state index contributed by atoms with van der Waals surface area (Å²) in [6.07, 6.45) is 13.4. The topological polar surface area (TPSA) is 107 Å². The molecule has 4 fully saturated rings. The Bertz CT molecular complexity index is 1450. The molecule has 0 radical (unpaired) electrons. The lowest BCUT2D eigenvalue weighted by atomic mass is 9.58. The predicted octanol–water partition coefficient (Wildman–Crippen LogP) is 7.91. The third-order valence-electron chi connectivity index (χ3n) is 14.1. The van der Waals surface area contributed by atoms with Crippen molar-refractivity contribution in [1.82, 2.24) is 0 Å². The van der Waals surface area contributed by atoms with Crippen molar-refractivity contribution in [3.63, 3.8) is 0 Å². The Kier molecular flexibility index (Phi) is 9.89. The van der Waals surface area contributed by atoms with E-state index in [0.29, 0.717) is 38.0 Å². The van der Waals surface area contributed by atoms with Crippen LogP contribution in [0.3, 0.4) is 0 Å². The summed E-state index contributed by atoms with van der Waals surface area (Å²) in [5.74, 6) is -1.36. The van der Waals surface area contributed by atoms with Crippen molar-refractivity contribution in [1.29, 1.82) is 0 Å². The fourth-order valence-corrected chi connectivity index (χ4v) is 10.8. The summed E-state index contributed by atoms with van der Waals surface area (Å²) in [4.78, 5) is 18.0. The second-order valence-electron chi connectivity index (χ2n) is 18.0. The van der Waals surface area contributed by atoms with Gasteiger partial charge in [-0.3, -0.25) is 9.79 Å². The molecule has 6 aliphatic heterocycles. The summed E-state index contributed by atoms with van der Waals surface area (Å²) in [6, 6.07) is 0. The lowest BCUT2D eigenvalue weighted by molar-refractivity contribution is -0.387. The molecule has 0 amide bonds. The van der Waals surface area contributed by atoms with E-state index < -0.39 is 23.3 Å². The molecule has 0 aromatic rings. The molecule has 8 nitrogen and oxygen atoms in total. The fraction of sp³-hybridized carbons (Fsp3) is 0.810. The van der Waals surface area contributed by atoms with Crippen LogP contribution < -0.4 is 0 Å². The summed E-state index contributed by atoms with van der Waals surface area (Å²) in [5, 5.41) is 23.6. The molecule has 7 rings (SSSR count). The number of esters is 1. The molecule has 50 heavy (non-hydrogen) atoms. The minimum atomic E-state index is -1.12. The molecule has 4 saturated heterocycles. The molecule has 4 bridgehead atoms. The zero-order chi connectivity index (χ0) is 35.6. The molecule has 2 N–H and O–H groups in total. The van der Waals surface area contributed by atoms with Gasteiger partial charge in [-0.25, -0.2) is 0 Å². The van der Waals surface area contributed by atoms with E-state index in [1.165, 1.54) is 22.4 Å². The van der Waals surface area contributed by atoms with Crippen LogP contribution in [0.1, 0.15) is 138 Å². The smallest absolute Gasteiger partial charge is 0.309 e. The second kappa shape index (κ2) is 13.5. The Morgan fingerprint density at radius 1 is 0.980 bits per heavy atom. The number of aliphatic hydroxyl groups is 2. The lowest BCUT2D eigenvalue weighted by Crippen LogP contribution is -2.60. The number of cyclic esters (lactones) is 1. The number of allylic oxidation sites excluding steroid dienone is 2. The predicted molar refractivity (Wildman–Crippen MR) is 193 cm³/mol. The van der Waals surface area contributed by atoms with Crippen molar-refractivity contribution >= 4 is 11.7 Å². The van der Waals surface area contributed by atoms with Crippen LogP contribution in [-0.2, 0) is 23.7 Å². The minimum absolute atomic E-state index is 0.0611. The molecule has 0 aromatic carbocycles. The van der Waals surface area contributed by atoms with Crippen LogP contribution >= 0.6 is 0 Å². The van der Waals surface area contributed by atoms with Gasteiger partial charge in [0.1, 0.15) is 11.7 Å².